The van der Waals surface area contributed by atoms with E-state index >= 15 is 0 Å². The lowest BCUT2D eigenvalue weighted by Gasteiger charge is -2.31. The summed E-state index contributed by atoms with van der Waals surface area (Å²) in [6, 6.07) is 11.9. The van der Waals surface area contributed by atoms with Crippen molar-refractivity contribution in [1.82, 2.24) is 14.9 Å². The summed E-state index contributed by atoms with van der Waals surface area (Å²) in [5, 5.41) is 3.26. The van der Waals surface area contributed by atoms with E-state index in [-0.39, 0.29) is 12.5 Å². The quantitative estimate of drug-likeness (QED) is 0.906. The van der Waals surface area contributed by atoms with Crippen LogP contribution in [0.25, 0.3) is 0 Å². The van der Waals surface area contributed by atoms with Gasteiger partial charge in [0.1, 0.15) is 18.2 Å². The Morgan fingerprint density at radius 2 is 1.84 bits per heavy atom. The highest BCUT2D eigenvalue weighted by molar-refractivity contribution is 5.77. The first-order chi connectivity index (χ1) is 12.2. The molecule has 1 amide bonds. The zero-order valence-electron chi connectivity index (χ0n) is 14.7. The Kier molecular flexibility index (Phi) is 5.60. The highest BCUT2D eigenvalue weighted by Gasteiger charge is 2.24. The van der Waals surface area contributed by atoms with Crippen molar-refractivity contribution in [3.05, 3.63) is 47.8 Å². The monoisotopic (exact) mass is 340 g/mol. The molecule has 0 spiro atoms. The number of carbonyl (C=O) groups is 1. The van der Waals surface area contributed by atoms with Crippen LogP contribution in [0.4, 0.5) is 11.6 Å². The van der Waals surface area contributed by atoms with Gasteiger partial charge < -0.3 is 15.0 Å². The maximum atomic E-state index is 11.9. The first-order valence-corrected chi connectivity index (χ1v) is 8.60. The molecular formula is C19H24N4O2. The lowest BCUT2D eigenvalue weighted by Crippen LogP contribution is -2.39. The van der Waals surface area contributed by atoms with Gasteiger partial charge in [0.05, 0.1) is 0 Å². The number of methoxy groups -OCH3 is 1. The molecule has 0 aromatic carbocycles. The number of piperidine rings is 1. The molecule has 1 aliphatic heterocycles. The Hall–Kier alpha value is -2.47. The van der Waals surface area contributed by atoms with Crippen molar-refractivity contribution in [2.45, 2.75) is 25.7 Å². The number of aromatic nitrogens is 2. The molecule has 0 unspecified atom stereocenters. The number of pyridine rings is 2. The maximum absolute atomic E-state index is 11.9. The minimum Gasteiger partial charge on any atom is -0.375 e. The molecule has 2 aromatic heterocycles. The molecule has 1 saturated heterocycles. The van der Waals surface area contributed by atoms with Gasteiger partial charge in [0.15, 0.2) is 0 Å². The summed E-state index contributed by atoms with van der Waals surface area (Å²) in [5.74, 6) is 2.03. The molecule has 0 atom stereocenters. The Bertz CT molecular complexity index is 727. The minimum atomic E-state index is 0.0647. The van der Waals surface area contributed by atoms with Crippen LogP contribution in [0.2, 0.25) is 0 Å². The van der Waals surface area contributed by atoms with E-state index in [1.807, 2.05) is 42.2 Å². The molecule has 6 nitrogen and oxygen atoms in total. The number of ether oxygens (including phenoxy) is 1. The number of aryl methyl sites for hydroxylation is 1. The largest absolute Gasteiger partial charge is 0.375 e. The standard InChI is InChI=1S/C19H24N4O2/c1-14-5-3-7-17(20-14)22-18-8-4-6-16(21-18)15-9-11-23(12-10-15)19(24)13-25-2/h3-8,15H,9-13H2,1-2H3,(H,20,21,22). The summed E-state index contributed by atoms with van der Waals surface area (Å²) in [5.41, 5.74) is 2.03. The number of carbonyl (C=O) groups excluding carboxylic acids is 1. The number of rotatable bonds is 5. The Balaban J connectivity index is 1.63. The van der Waals surface area contributed by atoms with Crippen molar-refractivity contribution >= 4 is 17.5 Å². The van der Waals surface area contributed by atoms with Gasteiger partial charge in [0.25, 0.3) is 0 Å². The molecule has 3 heterocycles. The van der Waals surface area contributed by atoms with Gasteiger partial charge in [-0.05, 0) is 44.0 Å². The summed E-state index contributed by atoms with van der Waals surface area (Å²) in [7, 11) is 1.55. The molecule has 0 bridgehead atoms. The predicted molar refractivity (Wildman–Crippen MR) is 96.9 cm³/mol. The van der Waals surface area contributed by atoms with Crippen molar-refractivity contribution in [2.75, 3.05) is 32.1 Å². The molecule has 1 fully saturated rings. The van der Waals surface area contributed by atoms with Gasteiger partial charge in [0.2, 0.25) is 5.91 Å². The van der Waals surface area contributed by atoms with Crippen LogP contribution < -0.4 is 5.32 Å². The van der Waals surface area contributed by atoms with Crippen LogP contribution in [-0.2, 0) is 9.53 Å². The number of nitrogens with one attached hydrogen (secondary N) is 1. The number of likely N-dealkylation sites (tertiary alicyclic amines) is 1. The number of nitrogens with zero attached hydrogens (tertiary/aromatic N) is 3. The van der Waals surface area contributed by atoms with Gasteiger partial charge in [-0.25, -0.2) is 9.97 Å². The molecule has 0 saturated carbocycles. The fourth-order valence-corrected chi connectivity index (χ4v) is 3.13. The maximum Gasteiger partial charge on any atom is 0.248 e. The molecule has 132 valence electrons. The van der Waals surface area contributed by atoms with Gasteiger partial charge in [-0.3, -0.25) is 4.79 Å². The highest BCUT2D eigenvalue weighted by Crippen LogP contribution is 2.28. The van der Waals surface area contributed by atoms with E-state index in [0.29, 0.717) is 5.92 Å². The number of amides is 1. The van der Waals surface area contributed by atoms with E-state index in [1.165, 1.54) is 0 Å². The Labute approximate surface area is 148 Å². The van der Waals surface area contributed by atoms with E-state index in [2.05, 4.69) is 16.4 Å². The molecule has 0 radical (unpaired) electrons. The SMILES string of the molecule is COCC(=O)N1CCC(c2cccc(Nc3cccc(C)n3)n2)CC1. The summed E-state index contributed by atoms with van der Waals surface area (Å²) in [6.45, 7) is 3.64. The van der Waals surface area contributed by atoms with Crippen LogP contribution in [-0.4, -0.2) is 47.6 Å². The van der Waals surface area contributed by atoms with Crippen molar-refractivity contribution in [3.8, 4) is 0 Å². The fraction of sp³-hybridized carbons (Fsp3) is 0.421. The van der Waals surface area contributed by atoms with E-state index in [0.717, 1.165) is 49.0 Å². The average Bonchev–Trinajstić information content (AvgIpc) is 2.62. The molecule has 2 aromatic rings. The lowest BCUT2D eigenvalue weighted by atomic mass is 9.93. The third kappa shape index (κ3) is 4.54. The van der Waals surface area contributed by atoms with Crippen molar-refractivity contribution in [1.29, 1.82) is 0 Å². The fourth-order valence-electron chi connectivity index (χ4n) is 3.13. The molecular weight excluding hydrogens is 316 g/mol. The van der Waals surface area contributed by atoms with Gasteiger partial charge in [-0.1, -0.05) is 12.1 Å². The van der Waals surface area contributed by atoms with Crippen LogP contribution >= 0.6 is 0 Å². The smallest absolute Gasteiger partial charge is 0.248 e. The van der Waals surface area contributed by atoms with Crippen LogP contribution in [0.5, 0.6) is 0 Å². The van der Waals surface area contributed by atoms with Crippen LogP contribution in [0.3, 0.4) is 0 Å². The number of anilines is 2. The van der Waals surface area contributed by atoms with Gasteiger partial charge in [0, 0.05) is 37.5 Å². The highest BCUT2D eigenvalue weighted by atomic mass is 16.5. The predicted octanol–water partition coefficient (Wildman–Crippen LogP) is 2.88. The van der Waals surface area contributed by atoms with Crippen LogP contribution in [0.1, 0.15) is 30.1 Å². The van der Waals surface area contributed by atoms with Crippen molar-refractivity contribution in [3.63, 3.8) is 0 Å². The average molecular weight is 340 g/mol. The molecule has 6 heteroatoms. The summed E-state index contributed by atoms with van der Waals surface area (Å²) < 4.78 is 4.93. The minimum absolute atomic E-state index is 0.0647. The van der Waals surface area contributed by atoms with E-state index in [9.17, 15) is 4.79 Å². The topological polar surface area (TPSA) is 67.3 Å². The van der Waals surface area contributed by atoms with E-state index in [1.54, 1.807) is 7.11 Å². The third-order valence-corrected chi connectivity index (χ3v) is 4.45. The van der Waals surface area contributed by atoms with Gasteiger partial charge in [-0.15, -0.1) is 0 Å². The molecule has 1 N–H and O–H groups in total. The Morgan fingerprint density at radius 1 is 1.16 bits per heavy atom. The second-order valence-corrected chi connectivity index (χ2v) is 6.32. The second-order valence-electron chi connectivity index (χ2n) is 6.32. The number of hydrogen-bond donors (Lipinski definition) is 1. The second kappa shape index (κ2) is 8.07. The van der Waals surface area contributed by atoms with Crippen LogP contribution in [0, 0.1) is 6.92 Å². The molecule has 3 rings (SSSR count). The summed E-state index contributed by atoms with van der Waals surface area (Å²) >= 11 is 0. The van der Waals surface area contributed by atoms with Crippen molar-refractivity contribution < 1.29 is 9.53 Å². The first kappa shape index (κ1) is 17.4. The lowest BCUT2D eigenvalue weighted by molar-refractivity contribution is -0.136. The zero-order valence-corrected chi connectivity index (χ0v) is 14.7. The first-order valence-electron chi connectivity index (χ1n) is 8.60. The summed E-state index contributed by atoms with van der Waals surface area (Å²) in [4.78, 5) is 23.0. The van der Waals surface area contributed by atoms with E-state index < -0.39 is 0 Å². The Morgan fingerprint density at radius 3 is 2.52 bits per heavy atom. The van der Waals surface area contributed by atoms with Gasteiger partial charge in [-0.2, -0.15) is 0 Å². The van der Waals surface area contributed by atoms with Gasteiger partial charge >= 0.3 is 0 Å². The normalized spacial score (nSPS) is 15.2. The van der Waals surface area contributed by atoms with E-state index in [4.69, 9.17) is 9.72 Å². The molecule has 0 aliphatic carbocycles. The summed E-state index contributed by atoms with van der Waals surface area (Å²) in [6.07, 6.45) is 1.85. The molecule has 1 aliphatic rings. The number of hydrogen-bond acceptors (Lipinski definition) is 5. The molecule has 25 heavy (non-hydrogen) atoms. The third-order valence-electron chi connectivity index (χ3n) is 4.45. The zero-order chi connectivity index (χ0) is 17.6. The van der Waals surface area contributed by atoms with Crippen molar-refractivity contribution in [2.24, 2.45) is 0 Å². The van der Waals surface area contributed by atoms with Crippen LogP contribution in [0.15, 0.2) is 36.4 Å².